The van der Waals surface area contributed by atoms with E-state index in [-0.39, 0.29) is 6.61 Å². The number of aryl methyl sites for hydroxylation is 1. The summed E-state index contributed by atoms with van der Waals surface area (Å²) >= 11 is 0. The average Bonchev–Trinajstić information content (AvgIpc) is 2.69. The summed E-state index contributed by atoms with van der Waals surface area (Å²) in [5.41, 5.74) is 1.55. The second kappa shape index (κ2) is 5.13. The van der Waals surface area contributed by atoms with Gasteiger partial charge < -0.3 is 9.84 Å². The van der Waals surface area contributed by atoms with Gasteiger partial charge in [-0.05, 0) is 38.5 Å². The van der Waals surface area contributed by atoms with E-state index >= 15 is 0 Å². The second-order valence-corrected chi connectivity index (χ2v) is 5.63. The van der Waals surface area contributed by atoms with Crippen LogP contribution in [-0.4, -0.2) is 26.6 Å². The molecule has 0 saturated heterocycles. The number of ether oxygens (including phenoxy) is 1. The topological polar surface area (TPSA) is 76.4 Å². The van der Waals surface area contributed by atoms with E-state index in [4.69, 9.17) is 4.74 Å². The van der Waals surface area contributed by atoms with Gasteiger partial charge >= 0.3 is 6.09 Å². The lowest BCUT2D eigenvalue weighted by atomic mass is 10.1. The molecule has 1 heterocycles. The average molecular weight is 277 g/mol. The monoisotopic (exact) mass is 277 g/mol. The van der Waals surface area contributed by atoms with Crippen molar-refractivity contribution < 1.29 is 14.6 Å². The number of aliphatic hydroxyl groups is 1. The van der Waals surface area contributed by atoms with Crippen molar-refractivity contribution in [2.75, 3.05) is 5.32 Å². The van der Waals surface area contributed by atoms with Gasteiger partial charge in [-0.2, -0.15) is 5.10 Å². The smallest absolute Gasteiger partial charge is 0.412 e. The van der Waals surface area contributed by atoms with Crippen LogP contribution in [0.25, 0.3) is 10.9 Å². The molecule has 1 aromatic carbocycles. The molecule has 0 fully saturated rings. The number of hydrogen-bond acceptors (Lipinski definition) is 4. The Bertz CT molecular complexity index is 641. The summed E-state index contributed by atoms with van der Waals surface area (Å²) in [6.07, 6.45) is 1.14. The number of benzene rings is 1. The van der Waals surface area contributed by atoms with Gasteiger partial charge in [0.1, 0.15) is 5.60 Å². The second-order valence-electron chi connectivity index (χ2n) is 5.63. The molecule has 1 aromatic heterocycles. The van der Waals surface area contributed by atoms with Crippen molar-refractivity contribution in [1.82, 2.24) is 9.78 Å². The highest BCUT2D eigenvalue weighted by atomic mass is 16.6. The van der Waals surface area contributed by atoms with Crippen molar-refractivity contribution in [1.29, 1.82) is 0 Å². The molecule has 6 heteroatoms. The first kappa shape index (κ1) is 14.3. The van der Waals surface area contributed by atoms with Gasteiger partial charge in [-0.3, -0.25) is 10.00 Å². The lowest BCUT2D eigenvalue weighted by Gasteiger charge is -2.20. The highest BCUT2D eigenvalue weighted by Crippen LogP contribution is 2.26. The third-order valence-corrected chi connectivity index (χ3v) is 2.74. The summed E-state index contributed by atoms with van der Waals surface area (Å²) in [7, 11) is 1.81. The molecule has 0 spiro atoms. The van der Waals surface area contributed by atoms with E-state index in [9.17, 15) is 9.90 Å². The molecule has 2 N–H and O–H groups in total. The maximum absolute atomic E-state index is 11.9. The van der Waals surface area contributed by atoms with Crippen molar-refractivity contribution >= 4 is 22.7 Å². The SMILES string of the molecule is Cn1ncc2c(NC(=O)OC(C)(C)C)cc(CO)cc21. The van der Waals surface area contributed by atoms with Gasteiger partial charge in [0, 0.05) is 12.4 Å². The van der Waals surface area contributed by atoms with Crippen molar-refractivity contribution in [3.63, 3.8) is 0 Å². The largest absolute Gasteiger partial charge is 0.444 e. The summed E-state index contributed by atoms with van der Waals surface area (Å²) in [4.78, 5) is 11.9. The number of rotatable bonds is 2. The number of fused-ring (bicyclic) bond motifs is 1. The molecule has 2 aromatic rings. The fourth-order valence-corrected chi connectivity index (χ4v) is 1.91. The highest BCUT2D eigenvalue weighted by Gasteiger charge is 2.17. The van der Waals surface area contributed by atoms with Crippen molar-refractivity contribution in [2.24, 2.45) is 7.05 Å². The summed E-state index contributed by atoms with van der Waals surface area (Å²) in [6.45, 7) is 5.30. The van der Waals surface area contributed by atoms with Crippen LogP contribution in [-0.2, 0) is 18.4 Å². The van der Waals surface area contributed by atoms with Gasteiger partial charge in [0.15, 0.2) is 0 Å². The molecule has 0 aliphatic rings. The van der Waals surface area contributed by atoms with Crippen LogP contribution in [0, 0.1) is 0 Å². The first-order valence-electron chi connectivity index (χ1n) is 6.35. The van der Waals surface area contributed by atoms with E-state index < -0.39 is 11.7 Å². The molecular formula is C14H19N3O3. The number of hydrogen-bond donors (Lipinski definition) is 2. The minimum Gasteiger partial charge on any atom is -0.444 e. The lowest BCUT2D eigenvalue weighted by Crippen LogP contribution is -2.27. The van der Waals surface area contributed by atoms with Crippen LogP contribution in [0.5, 0.6) is 0 Å². The zero-order valence-electron chi connectivity index (χ0n) is 12.1. The molecule has 0 saturated carbocycles. The third-order valence-electron chi connectivity index (χ3n) is 2.74. The van der Waals surface area contributed by atoms with Gasteiger partial charge in [-0.25, -0.2) is 4.79 Å². The normalized spacial score (nSPS) is 11.7. The molecule has 0 unspecified atom stereocenters. The van der Waals surface area contributed by atoms with Gasteiger partial charge in [0.2, 0.25) is 0 Å². The summed E-state index contributed by atoms with van der Waals surface area (Å²) in [6, 6.07) is 3.55. The molecule has 0 bridgehead atoms. The molecule has 2 rings (SSSR count). The molecular weight excluding hydrogens is 258 g/mol. The van der Waals surface area contributed by atoms with E-state index in [0.717, 1.165) is 10.9 Å². The Morgan fingerprint density at radius 1 is 1.45 bits per heavy atom. The molecule has 0 radical (unpaired) electrons. The standard InChI is InChI=1S/C14H19N3O3/c1-14(2,3)20-13(19)16-11-5-9(8-18)6-12-10(11)7-15-17(12)4/h5-7,18H,8H2,1-4H3,(H,16,19). The predicted octanol–water partition coefficient (Wildman–Crippen LogP) is 2.41. The van der Waals surface area contributed by atoms with Crippen LogP contribution >= 0.6 is 0 Å². The van der Waals surface area contributed by atoms with Gasteiger partial charge in [0.25, 0.3) is 0 Å². The maximum atomic E-state index is 11.9. The van der Waals surface area contributed by atoms with E-state index in [2.05, 4.69) is 10.4 Å². The van der Waals surface area contributed by atoms with Crippen LogP contribution in [0.3, 0.4) is 0 Å². The molecule has 1 amide bonds. The van der Waals surface area contributed by atoms with Gasteiger partial charge in [-0.15, -0.1) is 0 Å². The minimum atomic E-state index is -0.563. The fraction of sp³-hybridized carbons (Fsp3) is 0.429. The number of nitrogens with zero attached hydrogens (tertiary/aromatic N) is 2. The summed E-state index contributed by atoms with van der Waals surface area (Å²) in [5.74, 6) is 0. The maximum Gasteiger partial charge on any atom is 0.412 e. The Kier molecular flexibility index (Phi) is 3.67. The molecule has 20 heavy (non-hydrogen) atoms. The molecule has 0 atom stereocenters. The summed E-state index contributed by atoms with van der Waals surface area (Å²) < 4.78 is 6.92. The Balaban J connectivity index is 2.36. The summed E-state index contributed by atoms with van der Waals surface area (Å²) in [5, 5.41) is 17.0. The predicted molar refractivity (Wildman–Crippen MR) is 76.5 cm³/mol. The number of aromatic nitrogens is 2. The van der Waals surface area contributed by atoms with Crippen LogP contribution in [0.2, 0.25) is 0 Å². The Morgan fingerprint density at radius 2 is 2.15 bits per heavy atom. The quantitative estimate of drug-likeness (QED) is 0.883. The van der Waals surface area contributed by atoms with Gasteiger partial charge in [0.05, 0.1) is 24.0 Å². The van der Waals surface area contributed by atoms with E-state index in [1.54, 1.807) is 44.8 Å². The third kappa shape index (κ3) is 3.08. The van der Waals surface area contributed by atoms with Crippen LogP contribution in [0.4, 0.5) is 10.5 Å². The number of anilines is 1. The van der Waals surface area contributed by atoms with Crippen LogP contribution in [0.15, 0.2) is 18.3 Å². The number of carbonyl (C=O) groups is 1. The lowest BCUT2D eigenvalue weighted by molar-refractivity contribution is 0.0636. The first-order chi connectivity index (χ1) is 9.30. The highest BCUT2D eigenvalue weighted by molar-refractivity contribution is 5.99. The Labute approximate surface area is 117 Å². The molecule has 0 aliphatic carbocycles. The number of carbonyl (C=O) groups excluding carboxylic acids is 1. The number of nitrogens with one attached hydrogen (secondary N) is 1. The molecule has 6 nitrogen and oxygen atoms in total. The van der Waals surface area contributed by atoms with E-state index in [1.807, 2.05) is 6.07 Å². The first-order valence-corrected chi connectivity index (χ1v) is 6.35. The number of amides is 1. The Hall–Kier alpha value is -2.08. The van der Waals surface area contributed by atoms with Gasteiger partial charge in [-0.1, -0.05) is 0 Å². The van der Waals surface area contributed by atoms with Crippen LogP contribution < -0.4 is 5.32 Å². The molecule has 0 aliphatic heterocycles. The van der Waals surface area contributed by atoms with E-state index in [0.29, 0.717) is 11.3 Å². The van der Waals surface area contributed by atoms with Crippen molar-refractivity contribution in [3.8, 4) is 0 Å². The fourth-order valence-electron chi connectivity index (χ4n) is 1.91. The zero-order valence-corrected chi connectivity index (χ0v) is 12.1. The van der Waals surface area contributed by atoms with E-state index in [1.165, 1.54) is 0 Å². The molecule has 108 valence electrons. The number of aliphatic hydroxyl groups excluding tert-OH is 1. The minimum absolute atomic E-state index is 0.107. The van der Waals surface area contributed by atoms with Crippen molar-refractivity contribution in [3.05, 3.63) is 23.9 Å². The Morgan fingerprint density at radius 3 is 2.75 bits per heavy atom. The van der Waals surface area contributed by atoms with Crippen LogP contribution in [0.1, 0.15) is 26.3 Å². The zero-order chi connectivity index (χ0) is 14.9. The van der Waals surface area contributed by atoms with Crippen molar-refractivity contribution in [2.45, 2.75) is 33.0 Å².